The summed E-state index contributed by atoms with van der Waals surface area (Å²) in [5.74, 6) is 1.11. The monoisotopic (exact) mass is 306 g/mol. The Kier molecular flexibility index (Phi) is 4.66. The Morgan fingerprint density at radius 1 is 1.40 bits per heavy atom. The third-order valence-electron chi connectivity index (χ3n) is 2.45. The van der Waals surface area contributed by atoms with Gasteiger partial charge in [0.15, 0.2) is 5.82 Å². The molecule has 0 atom stereocenters. The summed E-state index contributed by atoms with van der Waals surface area (Å²) in [4.78, 5) is 8.31. The van der Waals surface area contributed by atoms with Gasteiger partial charge in [0, 0.05) is 0 Å². The first-order chi connectivity index (χ1) is 9.65. The van der Waals surface area contributed by atoms with Crippen molar-refractivity contribution in [3.05, 3.63) is 40.7 Å². The number of nitrogen functional groups attached to an aromatic ring is 1. The summed E-state index contributed by atoms with van der Waals surface area (Å²) >= 11 is 7.33. The van der Waals surface area contributed by atoms with E-state index in [-0.39, 0.29) is 12.4 Å². The SMILES string of the molecule is CSc1nc(COc2ccccc2Cl)nc(N)c1C#N. The smallest absolute Gasteiger partial charge is 0.169 e. The molecule has 2 rings (SSSR count). The van der Waals surface area contributed by atoms with E-state index >= 15 is 0 Å². The number of ether oxygens (including phenoxy) is 1. The van der Waals surface area contributed by atoms with Crippen LogP contribution in [0, 0.1) is 11.3 Å². The van der Waals surface area contributed by atoms with Crippen LogP contribution in [-0.2, 0) is 6.61 Å². The predicted molar refractivity (Wildman–Crippen MR) is 78.7 cm³/mol. The van der Waals surface area contributed by atoms with Crippen LogP contribution in [0.4, 0.5) is 5.82 Å². The van der Waals surface area contributed by atoms with Crippen LogP contribution in [0.15, 0.2) is 29.3 Å². The second kappa shape index (κ2) is 6.46. The summed E-state index contributed by atoms with van der Waals surface area (Å²) in [6, 6.07) is 9.12. The lowest BCUT2D eigenvalue weighted by molar-refractivity contribution is 0.295. The number of nitrogens with zero attached hydrogens (tertiary/aromatic N) is 3. The van der Waals surface area contributed by atoms with E-state index in [0.717, 1.165) is 0 Å². The van der Waals surface area contributed by atoms with E-state index in [1.807, 2.05) is 24.5 Å². The van der Waals surface area contributed by atoms with Crippen LogP contribution >= 0.6 is 23.4 Å². The van der Waals surface area contributed by atoms with Crippen LogP contribution in [0.25, 0.3) is 0 Å². The molecule has 2 N–H and O–H groups in total. The number of thioether (sulfide) groups is 1. The zero-order valence-electron chi connectivity index (χ0n) is 10.6. The first-order valence-electron chi connectivity index (χ1n) is 5.63. The van der Waals surface area contributed by atoms with Crippen molar-refractivity contribution in [2.24, 2.45) is 0 Å². The number of para-hydroxylation sites is 1. The van der Waals surface area contributed by atoms with Crippen molar-refractivity contribution in [2.45, 2.75) is 11.6 Å². The fourth-order valence-corrected chi connectivity index (χ4v) is 2.27. The molecule has 0 aliphatic heterocycles. The number of hydrogen-bond acceptors (Lipinski definition) is 6. The topological polar surface area (TPSA) is 84.8 Å². The van der Waals surface area contributed by atoms with Crippen LogP contribution in [-0.4, -0.2) is 16.2 Å². The Bertz CT molecular complexity index is 672. The van der Waals surface area contributed by atoms with Crippen LogP contribution in [0.3, 0.4) is 0 Å². The van der Waals surface area contributed by atoms with Gasteiger partial charge in [0.1, 0.15) is 34.8 Å². The molecular formula is C13H11ClN4OS. The van der Waals surface area contributed by atoms with E-state index in [4.69, 9.17) is 27.3 Å². The number of aromatic nitrogens is 2. The molecule has 7 heteroatoms. The summed E-state index contributed by atoms with van der Waals surface area (Å²) in [6.45, 7) is 0.132. The first kappa shape index (κ1) is 14.4. The second-order valence-electron chi connectivity index (χ2n) is 3.74. The van der Waals surface area contributed by atoms with Crippen molar-refractivity contribution >= 4 is 29.2 Å². The highest BCUT2D eigenvalue weighted by Gasteiger charge is 2.12. The minimum atomic E-state index is 0.132. The number of benzene rings is 1. The molecule has 0 saturated carbocycles. The minimum Gasteiger partial charge on any atom is -0.484 e. The Balaban J connectivity index is 2.21. The molecular weight excluding hydrogens is 296 g/mol. The van der Waals surface area contributed by atoms with Crippen molar-refractivity contribution in [3.63, 3.8) is 0 Å². The molecule has 102 valence electrons. The molecule has 0 aliphatic rings. The lowest BCUT2D eigenvalue weighted by atomic mass is 10.3. The van der Waals surface area contributed by atoms with Gasteiger partial charge in [-0.25, -0.2) is 9.97 Å². The quantitative estimate of drug-likeness (QED) is 0.690. The van der Waals surface area contributed by atoms with E-state index in [0.29, 0.717) is 27.2 Å². The highest BCUT2D eigenvalue weighted by molar-refractivity contribution is 7.98. The van der Waals surface area contributed by atoms with Gasteiger partial charge in [-0.1, -0.05) is 23.7 Å². The van der Waals surface area contributed by atoms with Gasteiger partial charge < -0.3 is 10.5 Å². The molecule has 1 aromatic heterocycles. The summed E-state index contributed by atoms with van der Waals surface area (Å²) in [6.07, 6.45) is 1.82. The van der Waals surface area contributed by atoms with Crippen molar-refractivity contribution < 1.29 is 4.74 Å². The summed E-state index contributed by atoms with van der Waals surface area (Å²) in [5, 5.41) is 10.0. The Hall–Kier alpha value is -1.97. The third kappa shape index (κ3) is 3.13. The Labute approximate surface area is 125 Å². The number of anilines is 1. The molecule has 20 heavy (non-hydrogen) atoms. The molecule has 0 radical (unpaired) electrons. The minimum absolute atomic E-state index is 0.132. The van der Waals surface area contributed by atoms with Crippen molar-refractivity contribution in [2.75, 3.05) is 12.0 Å². The number of halogens is 1. The molecule has 2 aromatic rings. The van der Waals surface area contributed by atoms with Crippen LogP contribution < -0.4 is 10.5 Å². The maximum absolute atomic E-state index is 8.99. The standard InChI is InChI=1S/C13H11ClN4OS/c1-20-13-8(6-15)12(16)17-11(18-13)7-19-10-5-3-2-4-9(10)14/h2-5H,7H2,1H3,(H2,16,17,18). The number of hydrogen-bond donors (Lipinski definition) is 1. The van der Waals surface area contributed by atoms with Gasteiger partial charge in [0.05, 0.1) is 5.02 Å². The fourth-order valence-electron chi connectivity index (χ4n) is 1.52. The maximum atomic E-state index is 8.99. The molecule has 0 saturated heterocycles. The van der Waals surface area contributed by atoms with Gasteiger partial charge in [-0.3, -0.25) is 0 Å². The van der Waals surface area contributed by atoms with Crippen molar-refractivity contribution in [3.8, 4) is 11.8 Å². The van der Waals surface area contributed by atoms with E-state index in [1.54, 1.807) is 12.1 Å². The molecule has 0 amide bonds. The van der Waals surface area contributed by atoms with Crippen LogP contribution in [0.5, 0.6) is 5.75 Å². The highest BCUT2D eigenvalue weighted by atomic mass is 35.5. The van der Waals surface area contributed by atoms with Gasteiger partial charge >= 0.3 is 0 Å². The van der Waals surface area contributed by atoms with E-state index in [2.05, 4.69) is 9.97 Å². The normalized spacial score (nSPS) is 10.1. The largest absolute Gasteiger partial charge is 0.484 e. The zero-order chi connectivity index (χ0) is 14.5. The second-order valence-corrected chi connectivity index (χ2v) is 4.94. The molecule has 1 heterocycles. The summed E-state index contributed by atoms with van der Waals surface area (Å²) in [5.41, 5.74) is 6.03. The van der Waals surface area contributed by atoms with Gasteiger partial charge in [-0.2, -0.15) is 5.26 Å². The lowest BCUT2D eigenvalue weighted by Crippen LogP contribution is -2.07. The van der Waals surface area contributed by atoms with E-state index in [9.17, 15) is 0 Å². The van der Waals surface area contributed by atoms with E-state index in [1.165, 1.54) is 11.8 Å². The number of rotatable bonds is 4. The fraction of sp³-hybridized carbons (Fsp3) is 0.154. The van der Waals surface area contributed by atoms with Crippen molar-refractivity contribution in [1.29, 1.82) is 5.26 Å². The van der Waals surface area contributed by atoms with Gasteiger partial charge in [-0.15, -0.1) is 11.8 Å². The third-order valence-corrected chi connectivity index (χ3v) is 3.44. The Morgan fingerprint density at radius 2 is 2.15 bits per heavy atom. The van der Waals surface area contributed by atoms with Crippen LogP contribution in [0.1, 0.15) is 11.4 Å². The zero-order valence-corrected chi connectivity index (χ0v) is 12.2. The summed E-state index contributed by atoms with van der Waals surface area (Å²) < 4.78 is 5.55. The van der Waals surface area contributed by atoms with Gasteiger partial charge in [0.25, 0.3) is 0 Å². The van der Waals surface area contributed by atoms with Gasteiger partial charge in [0.2, 0.25) is 0 Å². The molecule has 0 aliphatic carbocycles. The molecule has 5 nitrogen and oxygen atoms in total. The number of nitrogens with two attached hydrogens (primary N) is 1. The highest BCUT2D eigenvalue weighted by Crippen LogP contribution is 2.25. The molecule has 0 spiro atoms. The summed E-state index contributed by atoms with van der Waals surface area (Å²) in [7, 11) is 0. The molecule has 0 unspecified atom stereocenters. The average molecular weight is 307 g/mol. The van der Waals surface area contributed by atoms with Crippen molar-refractivity contribution in [1.82, 2.24) is 9.97 Å². The van der Waals surface area contributed by atoms with Gasteiger partial charge in [-0.05, 0) is 18.4 Å². The molecule has 1 aromatic carbocycles. The lowest BCUT2D eigenvalue weighted by Gasteiger charge is -2.09. The molecule has 0 bridgehead atoms. The Morgan fingerprint density at radius 3 is 2.80 bits per heavy atom. The maximum Gasteiger partial charge on any atom is 0.169 e. The number of nitriles is 1. The van der Waals surface area contributed by atoms with E-state index < -0.39 is 0 Å². The predicted octanol–water partition coefficient (Wildman–Crippen LogP) is 2.88. The average Bonchev–Trinajstić information content (AvgIpc) is 2.45. The molecule has 0 fully saturated rings. The van der Waals surface area contributed by atoms with Crippen LogP contribution in [0.2, 0.25) is 5.02 Å². The first-order valence-corrected chi connectivity index (χ1v) is 7.23.